The number of carboxylic acids is 1. The standard InChI is InChI=1S/C9H14N3O4/c1-3-7(13)11-5(2)12-8(14)4-6(10)9(15)16/h3,5-6H,1-2,4,10H2,(H,11,13)(H,12,14)(H,15,16). The molecule has 0 aliphatic rings. The number of carboxylic acid groups (broad SMARTS) is 1. The lowest BCUT2D eigenvalue weighted by Crippen LogP contribution is -2.47. The molecule has 0 saturated heterocycles. The average molecular weight is 228 g/mol. The van der Waals surface area contributed by atoms with Gasteiger partial charge in [0.1, 0.15) is 12.2 Å². The van der Waals surface area contributed by atoms with E-state index in [1.54, 1.807) is 0 Å². The molecule has 2 atom stereocenters. The fourth-order valence-corrected chi connectivity index (χ4v) is 0.807. The molecule has 0 aliphatic heterocycles. The van der Waals surface area contributed by atoms with Crippen LogP contribution in [0.15, 0.2) is 12.7 Å². The number of nitrogens with two attached hydrogens (primary N) is 1. The predicted molar refractivity (Wildman–Crippen MR) is 55.9 cm³/mol. The van der Waals surface area contributed by atoms with Crippen molar-refractivity contribution >= 4 is 17.8 Å². The monoisotopic (exact) mass is 228 g/mol. The zero-order chi connectivity index (χ0) is 12.7. The van der Waals surface area contributed by atoms with Gasteiger partial charge in [0.05, 0.1) is 6.42 Å². The molecule has 0 aromatic rings. The van der Waals surface area contributed by atoms with Gasteiger partial charge in [0, 0.05) is 0 Å². The molecular weight excluding hydrogens is 214 g/mol. The summed E-state index contributed by atoms with van der Waals surface area (Å²) >= 11 is 0. The zero-order valence-electron chi connectivity index (χ0n) is 8.60. The van der Waals surface area contributed by atoms with Crippen molar-refractivity contribution in [2.75, 3.05) is 0 Å². The molecule has 0 saturated carbocycles. The van der Waals surface area contributed by atoms with Crippen molar-refractivity contribution in [3.8, 4) is 0 Å². The van der Waals surface area contributed by atoms with E-state index in [1.165, 1.54) is 0 Å². The number of carbonyl (C=O) groups excluding carboxylic acids is 2. The second-order valence-electron chi connectivity index (χ2n) is 2.98. The number of hydrogen-bond acceptors (Lipinski definition) is 4. The highest BCUT2D eigenvalue weighted by molar-refractivity contribution is 5.88. The third-order valence-electron chi connectivity index (χ3n) is 1.56. The van der Waals surface area contributed by atoms with Crippen LogP contribution in [-0.4, -0.2) is 35.1 Å². The van der Waals surface area contributed by atoms with Crippen LogP contribution in [0.1, 0.15) is 6.42 Å². The van der Waals surface area contributed by atoms with Gasteiger partial charge >= 0.3 is 5.97 Å². The summed E-state index contributed by atoms with van der Waals surface area (Å²) in [6.45, 7) is 6.63. The Morgan fingerprint density at radius 1 is 1.38 bits per heavy atom. The summed E-state index contributed by atoms with van der Waals surface area (Å²) in [5.41, 5.74) is 5.14. The Morgan fingerprint density at radius 3 is 2.38 bits per heavy atom. The predicted octanol–water partition coefficient (Wildman–Crippen LogP) is -1.63. The second-order valence-corrected chi connectivity index (χ2v) is 2.98. The van der Waals surface area contributed by atoms with Crippen LogP contribution in [0.4, 0.5) is 0 Å². The third kappa shape index (κ3) is 5.76. The van der Waals surface area contributed by atoms with Crippen molar-refractivity contribution in [2.24, 2.45) is 5.73 Å². The highest BCUT2D eigenvalue weighted by Gasteiger charge is 2.17. The summed E-state index contributed by atoms with van der Waals surface area (Å²) in [4.78, 5) is 32.3. The number of amides is 2. The number of carbonyl (C=O) groups is 3. The lowest BCUT2D eigenvalue weighted by molar-refractivity contribution is -0.140. The van der Waals surface area contributed by atoms with E-state index in [-0.39, 0.29) is 6.42 Å². The van der Waals surface area contributed by atoms with Gasteiger partial charge in [-0.05, 0) is 13.0 Å². The van der Waals surface area contributed by atoms with Crippen molar-refractivity contribution in [1.82, 2.24) is 10.6 Å². The molecule has 0 fully saturated rings. The van der Waals surface area contributed by atoms with Gasteiger partial charge in [0.15, 0.2) is 0 Å². The van der Waals surface area contributed by atoms with Gasteiger partial charge in [-0.3, -0.25) is 14.4 Å². The van der Waals surface area contributed by atoms with Crippen LogP contribution in [0.3, 0.4) is 0 Å². The van der Waals surface area contributed by atoms with Crippen LogP contribution in [-0.2, 0) is 14.4 Å². The summed E-state index contributed by atoms with van der Waals surface area (Å²) in [6, 6.07) is -1.28. The molecule has 0 bridgehead atoms. The summed E-state index contributed by atoms with van der Waals surface area (Å²) in [5, 5.41) is 13.0. The maximum absolute atomic E-state index is 11.2. The van der Waals surface area contributed by atoms with Crippen molar-refractivity contribution in [2.45, 2.75) is 18.6 Å². The quantitative estimate of drug-likeness (QED) is 0.321. The molecule has 0 aromatic heterocycles. The van der Waals surface area contributed by atoms with Crippen LogP contribution < -0.4 is 16.4 Å². The molecule has 0 aliphatic carbocycles. The fraction of sp³-hybridized carbons (Fsp3) is 0.333. The average Bonchev–Trinajstić information content (AvgIpc) is 2.16. The van der Waals surface area contributed by atoms with Crippen molar-refractivity contribution in [3.05, 3.63) is 19.6 Å². The summed E-state index contributed by atoms with van der Waals surface area (Å²) in [6.07, 6.45) is -0.225. The fourth-order valence-electron chi connectivity index (χ4n) is 0.807. The van der Waals surface area contributed by atoms with E-state index in [0.29, 0.717) is 0 Å². The van der Waals surface area contributed by atoms with E-state index in [0.717, 1.165) is 6.08 Å². The van der Waals surface area contributed by atoms with Crippen molar-refractivity contribution < 1.29 is 19.5 Å². The van der Waals surface area contributed by atoms with Crippen LogP contribution >= 0.6 is 0 Å². The van der Waals surface area contributed by atoms with Crippen LogP contribution in [0.5, 0.6) is 0 Å². The first kappa shape index (κ1) is 14.1. The van der Waals surface area contributed by atoms with E-state index in [4.69, 9.17) is 10.8 Å². The van der Waals surface area contributed by atoms with E-state index in [9.17, 15) is 14.4 Å². The molecule has 1 radical (unpaired) electrons. The smallest absolute Gasteiger partial charge is 0.321 e. The lowest BCUT2D eigenvalue weighted by Gasteiger charge is -2.15. The van der Waals surface area contributed by atoms with E-state index < -0.39 is 30.0 Å². The number of aliphatic carboxylic acids is 1. The third-order valence-corrected chi connectivity index (χ3v) is 1.56. The summed E-state index contributed by atoms with van der Waals surface area (Å²) in [7, 11) is 0. The first-order valence-electron chi connectivity index (χ1n) is 4.40. The minimum absolute atomic E-state index is 0.384. The Kier molecular flexibility index (Phi) is 5.79. The molecule has 0 spiro atoms. The zero-order valence-corrected chi connectivity index (χ0v) is 8.60. The van der Waals surface area contributed by atoms with Gasteiger partial charge in [0.2, 0.25) is 11.8 Å². The van der Waals surface area contributed by atoms with Gasteiger partial charge in [-0.25, -0.2) is 0 Å². The first-order valence-corrected chi connectivity index (χ1v) is 4.40. The van der Waals surface area contributed by atoms with E-state index in [1.807, 2.05) is 0 Å². The molecule has 2 amide bonds. The molecule has 16 heavy (non-hydrogen) atoms. The minimum Gasteiger partial charge on any atom is -0.480 e. The Hall–Kier alpha value is -1.89. The molecule has 0 heterocycles. The number of rotatable bonds is 6. The number of hydrogen-bond donors (Lipinski definition) is 4. The van der Waals surface area contributed by atoms with Gasteiger partial charge in [-0.2, -0.15) is 0 Å². The molecule has 89 valence electrons. The Balaban J connectivity index is 4.00. The van der Waals surface area contributed by atoms with E-state index in [2.05, 4.69) is 24.1 Å². The largest absolute Gasteiger partial charge is 0.480 e. The summed E-state index contributed by atoms with van der Waals surface area (Å²) in [5.74, 6) is -2.38. The number of nitrogens with one attached hydrogen (secondary N) is 2. The van der Waals surface area contributed by atoms with Gasteiger partial charge in [-0.15, -0.1) is 0 Å². The lowest BCUT2D eigenvalue weighted by atomic mass is 10.2. The maximum atomic E-state index is 11.2. The van der Waals surface area contributed by atoms with Gasteiger partial charge < -0.3 is 21.5 Å². The Labute approximate surface area is 92.7 Å². The second kappa shape index (κ2) is 6.57. The van der Waals surface area contributed by atoms with Crippen LogP contribution in [0.25, 0.3) is 0 Å². The molecule has 0 rings (SSSR count). The summed E-state index contributed by atoms with van der Waals surface area (Å²) < 4.78 is 0. The highest BCUT2D eigenvalue weighted by Crippen LogP contribution is 1.89. The minimum atomic E-state index is -1.28. The maximum Gasteiger partial charge on any atom is 0.321 e. The van der Waals surface area contributed by atoms with Crippen LogP contribution in [0.2, 0.25) is 0 Å². The molecule has 7 heteroatoms. The molecule has 7 nitrogen and oxygen atoms in total. The van der Waals surface area contributed by atoms with Crippen LogP contribution in [0, 0.1) is 6.92 Å². The van der Waals surface area contributed by atoms with Gasteiger partial charge in [-0.1, -0.05) is 6.58 Å². The SMILES string of the molecule is [CH2]C(NC(=O)C=C)NC(=O)CC(N)C(=O)O. The highest BCUT2D eigenvalue weighted by atomic mass is 16.4. The van der Waals surface area contributed by atoms with Gasteiger partial charge in [0.25, 0.3) is 0 Å². The Morgan fingerprint density at radius 2 is 1.94 bits per heavy atom. The molecule has 5 N–H and O–H groups in total. The topological polar surface area (TPSA) is 122 Å². The normalized spacial score (nSPS) is 13.4. The van der Waals surface area contributed by atoms with Crippen molar-refractivity contribution in [1.29, 1.82) is 0 Å². The van der Waals surface area contributed by atoms with Crippen molar-refractivity contribution in [3.63, 3.8) is 0 Å². The molecular formula is C9H14N3O4. The first-order chi connectivity index (χ1) is 7.36. The molecule has 0 aromatic carbocycles. The molecule has 2 unspecified atom stereocenters. The Bertz CT molecular complexity index is 303. The van der Waals surface area contributed by atoms with E-state index >= 15 is 0 Å².